The number of carbonyl (C=O) groups excluding carboxylic acids is 1. The van der Waals surface area contributed by atoms with Crippen LogP contribution in [0.4, 0.5) is 11.5 Å². The number of aromatic nitrogens is 4. The van der Waals surface area contributed by atoms with Crippen molar-refractivity contribution in [3.05, 3.63) is 73.7 Å². The number of nitrogens with one attached hydrogen (secondary N) is 3. The topological polar surface area (TPSA) is 167 Å². The Morgan fingerprint density at radius 3 is 2.42 bits per heavy atom. The molecule has 36 heavy (non-hydrogen) atoms. The summed E-state index contributed by atoms with van der Waals surface area (Å²) >= 11 is 13.1. The molecule has 0 aliphatic carbocycles. The average Bonchev–Trinajstić information content (AvgIpc) is 3.20. The summed E-state index contributed by atoms with van der Waals surface area (Å²) in [6.45, 7) is 1.37. The largest absolute Gasteiger partial charge is 0.361 e. The monoisotopic (exact) mass is 549 g/mol. The van der Waals surface area contributed by atoms with E-state index < -0.39 is 21.5 Å². The third-order valence-electron chi connectivity index (χ3n) is 5.34. The fraction of sp³-hybridized carbons (Fsp3) is 0.182. The molecule has 14 heteroatoms. The van der Waals surface area contributed by atoms with E-state index >= 15 is 0 Å². The lowest BCUT2D eigenvalue weighted by atomic mass is 9.89. The maximum Gasteiger partial charge on any atom is 0.264 e. The zero-order chi connectivity index (χ0) is 26.4. The lowest BCUT2D eigenvalue weighted by molar-refractivity contribution is -0.114. The molecule has 5 N–H and O–H groups in total. The number of carbonyl (C=O) groups is 1. The highest BCUT2D eigenvalue weighted by molar-refractivity contribution is 7.89. The van der Waals surface area contributed by atoms with Gasteiger partial charge in [-0.15, -0.1) is 0 Å². The van der Waals surface area contributed by atoms with Crippen LogP contribution in [0.1, 0.15) is 29.8 Å². The molecule has 188 valence electrons. The lowest BCUT2D eigenvalue weighted by Gasteiger charge is -2.21. The van der Waals surface area contributed by atoms with E-state index in [2.05, 4.69) is 25.5 Å². The van der Waals surface area contributed by atoms with Gasteiger partial charge in [0.1, 0.15) is 11.2 Å². The summed E-state index contributed by atoms with van der Waals surface area (Å²) in [4.78, 5) is 33.5. The Morgan fingerprint density at radius 1 is 1.17 bits per heavy atom. The van der Waals surface area contributed by atoms with E-state index in [0.29, 0.717) is 17.1 Å². The van der Waals surface area contributed by atoms with Gasteiger partial charge in [-0.25, -0.2) is 18.5 Å². The second-order valence-corrected chi connectivity index (χ2v) is 10.6. The van der Waals surface area contributed by atoms with Crippen molar-refractivity contribution in [2.75, 3.05) is 24.3 Å². The number of primary sulfonamides is 1. The minimum Gasteiger partial charge on any atom is -0.361 e. The van der Waals surface area contributed by atoms with Crippen LogP contribution >= 0.6 is 23.2 Å². The fourth-order valence-electron chi connectivity index (χ4n) is 3.86. The summed E-state index contributed by atoms with van der Waals surface area (Å²) in [6.07, 6.45) is 0. The van der Waals surface area contributed by atoms with Gasteiger partial charge >= 0.3 is 0 Å². The fourth-order valence-corrected chi connectivity index (χ4v) is 5.26. The van der Waals surface area contributed by atoms with Crippen molar-refractivity contribution in [1.82, 2.24) is 20.2 Å². The molecule has 1 atom stereocenters. The van der Waals surface area contributed by atoms with E-state index in [1.165, 1.54) is 19.1 Å². The highest BCUT2D eigenvalue weighted by Gasteiger charge is 2.28. The molecule has 2 heterocycles. The number of sulfonamides is 1. The van der Waals surface area contributed by atoms with Gasteiger partial charge in [-0.05, 0) is 29.8 Å². The van der Waals surface area contributed by atoms with E-state index in [1.807, 2.05) is 0 Å². The molecular weight excluding hydrogens is 529 g/mol. The van der Waals surface area contributed by atoms with Crippen molar-refractivity contribution in [2.24, 2.45) is 5.14 Å². The van der Waals surface area contributed by atoms with Crippen LogP contribution < -0.4 is 20.9 Å². The second-order valence-electron chi connectivity index (χ2n) is 8.20. The van der Waals surface area contributed by atoms with Crippen LogP contribution in [0.25, 0.3) is 11.0 Å². The molecule has 0 saturated carbocycles. The average molecular weight is 550 g/mol. The quantitative estimate of drug-likeness (QED) is 0.286. The molecule has 0 bridgehead atoms. The number of nitrogens with zero attached hydrogens (tertiary/aromatic N) is 3. The molecule has 4 aromatic rings. The molecular formula is C22H21Cl2N7O4S. The zero-order valence-corrected chi connectivity index (χ0v) is 21.6. The molecule has 0 aliphatic heterocycles. The van der Waals surface area contributed by atoms with Gasteiger partial charge in [0.2, 0.25) is 15.9 Å². The number of halogens is 2. The number of H-pyrrole nitrogens is 2. The molecule has 1 amide bonds. The summed E-state index contributed by atoms with van der Waals surface area (Å²) in [5.74, 6) is -0.577. The predicted molar refractivity (Wildman–Crippen MR) is 138 cm³/mol. The minimum atomic E-state index is -4.09. The highest BCUT2D eigenvalue weighted by Crippen LogP contribution is 2.41. The minimum absolute atomic E-state index is 0.0113. The molecule has 2 aromatic heterocycles. The smallest absolute Gasteiger partial charge is 0.264 e. The summed E-state index contributed by atoms with van der Waals surface area (Å²) in [5, 5.41) is 15.1. The first-order valence-corrected chi connectivity index (χ1v) is 12.7. The van der Waals surface area contributed by atoms with Gasteiger partial charge in [-0.1, -0.05) is 35.3 Å². The molecule has 11 nitrogen and oxygen atoms in total. The Labute approximate surface area is 215 Å². The van der Waals surface area contributed by atoms with Crippen LogP contribution in [0.2, 0.25) is 10.0 Å². The van der Waals surface area contributed by atoms with Crippen LogP contribution in [0.3, 0.4) is 0 Å². The first kappa shape index (κ1) is 25.6. The first-order valence-electron chi connectivity index (χ1n) is 10.4. The zero-order valence-electron chi connectivity index (χ0n) is 19.3. The van der Waals surface area contributed by atoms with Crippen molar-refractivity contribution in [3.63, 3.8) is 0 Å². The van der Waals surface area contributed by atoms with Gasteiger partial charge in [0.05, 0.1) is 10.8 Å². The van der Waals surface area contributed by atoms with Gasteiger partial charge in [0, 0.05) is 42.3 Å². The number of amides is 1. The molecule has 4 rings (SSSR count). The van der Waals surface area contributed by atoms with Crippen molar-refractivity contribution >= 4 is 61.7 Å². The SMILES string of the molecule is CC(=O)Nc1cccc(C(c2nc3[nH]nc(N(C)C)c3c(=O)[nH]2)c2c(Cl)cc(S(N)(=O)=O)cc2Cl)c1. The molecule has 0 fully saturated rings. The Hall–Kier alpha value is -3.45. The Kier molecular flexibility index (Phi) is 6.80. The van der Waals surface area contributed by atoms with Crippen LogP contribution in [-0.4, -0.2) is 48.6 Å². The molecule has 0 saturated heterocycles. The summed E-state index contributed by atoms with van der Waals surface area (Å²) in [6, 6.07) is 9.16. The number of benzene rings is 2. The van der Waals surface area contributed by atoms with Crippen molar-refractivity contribution in [3.8, 4) is 0 Å². The van der Waals surface area contributed by atoms with E-state index in [9.17, 15) is 18.0 Å². The van der Waals surface area contributed by atoms with Gasteiger partial charge in [0.25, 0.3) is 5.56 Å². The van der Waals surface area contributed by atoms with Crippen LogP contribution in [-0.2, 0) is 14.8 Å². The normalized spacial score (nSPS) is 12.5. The first-order chi connectivity index (χ1) is 16.9. The van der Waals surface area contributed by atoms with Crippen molar-refractivity contribution in [1.29, 1.82) is 0 Å². The summed E-state index contributed by atoms with van der Waals surface area (Å²) in [7, 11) is -0.605. The number of rotatable bonds is 6. The number of hydrogen-bond donors (Lipinski definition) is 4. The van der Waals surface area contributed by atoms with Gasteiger partial charge < -0.3 is 15.2 Å². The predicted octanol–water partition coefficient (Wildman–Crippen LogP) is 2.80. The number of aromatic amines is 2. The summed E-state index contributed by atoms with van der Waals surface area (Å²) < 4.78 is 23.8. The Morgan fingerprint density at radius 2 is 1.83 bits per heavy atom. The lowest BCUT2D eigenvalue weighted by Crippen LogP contribution is -2.19. The number of anilines is 2. The second kappa shape index (κ2) is 9.54. The molecule has 0 spiro atoms. The highest BCUT2D eigenvalue weighted by atomic mass is 35.5. The van der Waals surface area contributed by atoms with Gasteiger partial charge in [-0.2, -0.15) is 5.10 Å². The van der Waals surface area contributed by atoms with E-state index in [4.69, 9.17) is 28.3 Å². The molecule has 1 unspecified atom stereocenters. The number of fused-ring (bicyclic) bond motifs is 1. The standard InChI is InChI=1S/C22H21Cl2N7O4S/c1-10(32)26-12-6-4-5-11(7-12)16(17-14(23)8-13(9-15(17)24)36(25,34)35)19-27-20-18(22(33)28-19)21(30-29-20)31(2)3/h4-9,16H,1-3H3,(H,26,32)(H2,25,34,35)(H2,27,28,29,30,33). The molecule has 2 aromatic carbocycles. The van der Waals surface area contributed by atoms with E-state index in [-0.39, 0.29) is 43.3 Å². The maximum absolute atomic E-state index is 13.1. The maximum atomic E-state index is 13.1. The number of hydrogen-bond acceptors (Lipinski definition) is 7. The van der Waals surface area contributed by atoms with E-state index in [1.54, 1.807) is 43.3 Å². The number of nitrogens with two attached hydrogens (primary N) is 1. The van der Waals surface area contributed by atoms with Crippen LogP contribution in [0.15, 0.2) is 46.1 Å². The Bertz CT molecular complexity index is 1640. The van der Waals surface area contributed by atoms with Crippen molar-refractivity contribution < 1.29 is 13.2 Å². The summed E-state index contributed by atoms with van der Waals surface area (Å²) in [5.41, 5.74) is 1.10. The van der Waals surface area contributed by atoms with E-state index in [0.717, 1.165) is 0 Å². The third kappa shape index (κ3) is 4.93. The van der Waals surface area contributed by atoms with Crippen LogP contribution in [0, 0.1) is 0 Å². The third-order valence-corrected chi connectivity index (χ3v) is 6.85. The van der Waals surface area contributed by atoms with Crippen LogP contribution in [0.5, 0.6) is 0 Å². The molecule has 0 radical (unpaired) electrons. The van der Waals surface area contributed by atoms with Gasteiger partial charge in [-0.3, -0.25) is 14.7 Å². The Balaban J connectivity index is 2.01. The molecule has 0 aliphatic rings. The van der Waals surface area contributed by atoms with Gasteiger partial charge in [0.15, 0.2) is 11.5 Å². The van der Waals surface area contributed by atoms with Crippen molar-refractivity contribution in [2.45, 2.75) is 17.7 Å².